The molecule has 0 saturated carbocycles. The summed E-state index contributed by atoms with van der Waals surface area (Å²) in [5, 5.41) is 5.21. The number of amides is 2. The summed E-state index contributed by atoms with van der Waals surface area (Å²) in [7, 11) is 2.92. The number of hydrogen-bond acceptors (Lipinski definition) is 4. The Labute approximate surface area is 144 Å². The van der Waals surface area contributed by atoms with Crippen LogP contribution < -0.4 is 20.1 Å². The fourth-order valence-corrected chi connectivity index (χ4v) is 2.26. The van der Waals surface area contributed by atoms with Crippen LogP contribution in [0.2, 0.25) is 0 Å². The fourth-order valence-electron chi connectivity index (χ4n) is 2.26. The van der Waals surface area contributed by atoms with Crippen molar-refractivity contribution in [3.63, 3.8) is 0 Å². The summed E-state index contributed by atoms with van der Waals surface area (Å²) < 4.78 is 23.9. The molecule has 0 aromatic heterocycles. The van der Waals surface area contributed by atoms with Crippen LogP contribution in [0.5, 0.6) is 11.5 Å². The summed E-state index contributed by atoms with van der Waals surface area (Å²) >= 11 is 0. The highest BCUT2D eigenvalue weighted by atomic mass is 19.1. The molecule has 0 spiro atoms. The average Bonchev–Trinajstić information content (AvgIpc) is 2.64. The van der Waals surface area contributed by atoms with Gasteiger partial charge in [0.05, 0.1) is 19.8 Å². The normalized spacial score (nSPS) is 10.0. The van der Waals surface area contributed by atoms with E-state index in [-0.39, 0.29) is 24.2 Å². The second kappa shape index (κ2) is 8.68. The maximum Gasteiger partial charge on any atom is 0.258 e. The van der Waals surface area contributed by atoms with Gasteiger partial charge in [0, 0.05) is 13.1 Å². The van der Waals surface area contributed by atoms with E-state index in [1.165, 1.54) is 32.4 Å². The van der Waals surface area contributed by atoms with Gasteiger partial charge in [-0.1, -0.05) is 18.2 Å². The Kier molecular flexibility index (Phi) is 6.33. The molecular weight excluding hydrogens is 327 g/mol. The van der Waals surface area contributed by atoms with Gasteiger partial charge in [0.25, 0.3) is 11.8 Å². The lowest BCUT2D eigenvalue weighted by Crippen LogP contribution is -2.35. The number of halogens is 1. The van der Waals surface area contributed by atoms with Gasteiger partial charge >= 0.3 is 0 Å². The molecule has 25 heavy (non-hydrogen) atoms. The lowest BCUT2D eigenvalue weighted by molar-refractivity contribution is 0.0922. The largest absolute Gasteiger partial charge is 0.496 e. The highest BCUT2D eigenvalue weighted by Crippen LogP contribution is 2.27. The monoisotopic (exact) mass is 346 g/mol. The Morgan fingerprint density at radius 2 is 1.44 bits per heavy atom. The molecule has 0 unspecified atom stereocenters. The minimum Gasteiger partial charge on any atom is -0.496 e. The molecule has 0 aliphatic carbocycles. The third-order valence-electron chi connectivity index (χ3n) is 3.47. The number of carbonyl (C=O) groups is 2. The average molecular weight is 346 g/mol. The Bertz CT molecular complexity index is 742. The van der Waals surface area contributed by atoms with Crippen molar-refractivity contribution in [3.05, 3.63) is 59.4 Å². The van der Waals surface area contributed by atoms with Crippen LogP contribution in [0.15, 0.2) is 42.5 Å². The van der Waals surface area contributed by atoms with Crippen molar-refractivity contribution in [3.8, 4) is 11.5 Å². The third-order valence-corrected chi connectivity index (χ3v) is 3.47. The van der Waals surface area contributed by atoms with Crippen molar-refractivity contribution in [2.45, 2.75) is 0 Å². The summed E-state index contributed by atoms with van der Waals surface area (Å²) in [6.45, 7) is 0.316. The molecule has 2 aromatic rings. The first-order chi connectivity index (χ1) is 12.1. The standard InChI is InChI=1S/C18H19FN2O4/c1-24-14-8-5-9-15(25-2)16(14)18(23)21-11-10-20-17(22)12-6-3-4-7-13(12)19/h3-9H,10-11H2,1-2H3,(H,20,22)(H,21,23). The van der Waals surface area contributed by atoms with Gasteiger partial charge in [-0.15, -0.1) is 0 Å². The van der Waals surface area contributed by atoms with E-state index in [2.05, 4.69) is 10.6 Å². The van der Waals surface area contributed by atoms with Crippen LogP contribution in [-0.2, 0) is 0 Å². The first-order valence-electron chi connectivity index (χ1n) is 7.60. The van der Waals surface area contributed by atoms with Crippen molar-refractivity contribution in [1.82, 2.24) is 10.6 Å². The van der Waals surface area contributed by atoms with Gasteiger partial charge in [-0.2, -0.15) is 0 Å². The Balaban J connectivity index is 1.91. The van der Waals surface area contributed by atoms with Crippen LogP contribution in [0.1, 0.15) is 20.7 Å². The molecule has 0 radical (unpaired) electrons. The topological polar surface area (TPSA) is 76.7 Å². The molecule has 2 rings (SSSR count). The quantitative estimate of drug-likeness (QED) is 0.752. The molecule has 0 fully saturated rings. The van der Waals surface area contributed by atoms with Gasteiger partial charge in [-0.25, -0.2) is 4.39 Å². The first kappa shape index (κ1) is 18.3. The zero-order valence-corrected chi connectivity index (χ0v) is 14.0. The van der Waals surface area contributed by atoms with Crippen LogP contribution in [0.4, 0.5) is 4.39 Å². The fraction of sp³-hybridized carbons (Fsp3) is 0.222. The Morgan fingerprint density at radius 3 is 2.00 bits per heavy atom. The van der Waals surface area contributed by atoms with Gasteiger partial charge in [0.15, 0.2) is 0 Å². The summed E-state index contributed by atoms with van der Waals surface area (Å²) in [4.78, 5) is 24.2. The van der Waals surface area contributed by atoms with E-state index in [4.69, 9.17) is 9.47 Å². The van der Waals surface area contributed by atoms with E-state index < -0.39 is 17.6 Å². The molecule has 2 N–H and O–H groups in total. The van der Waals surface area contributed by atoms with Crippen LogP contribution in [0.3, 0.4) is 0 Å². The highest BCUT2D eigenvalue weighted by Gasteiger charge is 2.17. The third kappa shape index (κ3) is 4.47. The number of nitrogens with one attached hydrogen (secondary N) is 2. The lowest BCUT2D eigenvalue weighted by Gasteiger charge is -2.13. The second-order valence-corrected chi connectivity index (χ2v) is 5.03. The molecule has 2 aromatic carbocycles. The molecule has 0 saturated heterocycles. The molecule has 0 atom stereocenters. The predicted octanol–water partition coefficient (Wildman–Crippen LogP) is 2.00. The highest BCUT2D eigenvalue weighted by molar-refractivity contribution is 5.99. The number of ether oxygens (including phenoxy) is 2. The van der Waals surface area contributed by atoms with Crippen molar-refractivity contribution >= 4 is 11.8 Å². The lowest BCUT2D eigenvalue weighted by atomic mass is 10.1. The van der Waals surface area contributed by atoms with E-state index in [0.717, 1.165) is 0 Å². The van der Waals surface area contributed by atoms with Gasteiger partial charge < -0.3 is 20.1 Å². The van der Waals surface area contributed by atoms with Gasteiger partial charge in [0.2, 0.25) is 0 Å². The van der Waals surface area contributed by atoms with Crippen LogP contribution >= 0.6 is 0 Å². The maximum atomic E-state index is 13.5. The minimum absolute atomic E-state index is 0.0415. The smallest absolute Gasteiger partial charge is 0.258 e. The van der Waals surface area contributed by atoms with Gasteiger partial charge in [-0.05, 0) is 24.3 Å². The molecule has 0 heterocycles. The SMILES string of the molecule is COc1cccc(OC)c1C(=O)NCCNC(=O)c1ccccc1F. The maximum absolute atomic E-state index is 13.5. The van der Waals surface area contributed by atoms with Crippen LogP contribution in [0, 0.1) is 5.82 Å². The molecule has 7 heteroatoms. The van der Waals surface area contributed by atoms with Gasteiger partial charge in [-0.3, -0.25) is 9.59 Å². The summed E-state index contributed by atoms with van der Waals surface area (Å²) in [6.07, 6.45) is 0. The van der Waals surface area contributed by atoms with Gasteiger partial charge in [0.1, 0.15) is 22.9 Å². The number of benzene rings is 2. The van der Waals surface area contributed by atoms with E-state index in [0.29, 0.717) is 11.5 Å². The van der Waals surface area contributed by atoms with E-state index >= 15 is 0 Å². The zero-order chi connectivity index (χ0) is 18.2. The molecule has 0 aliphatic rings. The van der Waals surface area contributed by atoms with E-state index in [1.54, 1.807) is 24.3 Å². The summed E-state index contributed by atoms with van der Waals surface area (Å²) in [5.74, 6) is -0.765. The predicted molar refractivity (Wildman–Crippen MR) is 90.6 cm³/mol. The van der Waals surface area contributed by atoms with E-state index in [1.807, 2.05) is 0 Å². The molecule has 2 amide bonds. The number of rotatable bonds is 7. The second-order valence-electron chi connectivity index (χ2n) is 5.03. The summed E-state index contributed by atoms with van der Waals surface area (Å²) in [5.41, 5.74) is 0.230. The Hall–Kier alpha value is -3.09. The Morgan fingerprint density at radius 1 is 0.880 bits per heavy atom. The number of carbonyl (C=O) groups excluding carboxylic acids is 2. The van der Waals surface area contributed by atoms with Crippen molar-refractivity contribution in [2.24, 2.45) is 0 Å². The molecule has 0 aliphatic heterocycles. The first-order valence-corrected chi connectivity index (χ1v) is 7.60. The minimum atomic E-state index is -0.595. The van der Waals surface area contributed by atoms with Crippen LogP contribution in [0.25, 0.3) is 0 Å². The molecule has 132 valence electrons. The molecule has 6 nitrogen and oxygen atoms in total. The van der Waals surface area contributed by atoms with Crippen molar-refractivity contribution in [2.75, 3.05) is 27.3 Å². The van der Waals surface area contributed by atoms with Crippen LogP contribution in [-0.4, -0.2) is 39.1 Å². The van der Waals surface area contributed by atoms with Crippen molar-refractivity contribution in [1.29, 1.82) is 0 Å². The number of hydrogen-bond donors (Lipinski definition) is 2. The van der Waals surface area contributed by atoms with E-state index in [9.17, 15) is 14.0 Å². The summed E-state index contributed by atoms with van der Waals surface area (Å²) in [6, 6.07) is 10.7. The molecular formula is C18H19FN2O4. The molecule has 0 bridgehead atoms. The van der Waals surface area contributed by atoms with Crippen molar-refractivity contribution < 1.29 is 23.5 Å². The number of methoxy groups -OCH3 is 2. The zero-order valence-electron chi connectivity index (χ0n) is 14.0.